The van der Waals surface area contributed by atoms with Crippen molar-refractivity contribution in [2.75, 3.05) is 18.4 Å². The highest BCUT2D eigenvalue weighted by molar-refractivity contribution is 6.30. The van der Waals surface area contributed by atoms with Crippen LogP contribution >= 0.6 is 11.6 Å². The van der Waals surface area contributed by atoms with Crippen molar-refractivity contribution in [3.63, 3.8) is 0 Å². The molecule has 6 heteroatoms. The van der Waals surface area contributed by atoms with E-state index in [0.717, 1.165) is 22.6 Å². The van der Waals surface area contributed by atoms with Gasteiger partial charge in [-0.25, -0.2) is 4.79 Å². The summed E-state index contributed by atoms with van der Waals surface area (Å²) in [5.74, 6) is 0.761. The maximum atomic E-state index is 12.4. The molecule has 2 amide bonds. The van der Waals surface area contributed by atoms with Crippen LogP contribution in [0.25, 0.3) is 6.08 Å². The van der Waals surface area contributed by atoms with E-state index >= 15 is 0 Å². The second-order valence-electron chi connectivity index (χ2n) is 6.42. The molecule has 0 spiro atoms. The molecule has 2 heterocycles. The third-order valence-electron chi connectivity index (χ3n) is 4.31. The lowest BCUT2D eigenvalue weighted by Crippen LogP contribution is -2.42. The van der Waals surface area contributed by atoms with Crippen LogP contribution in [0.2, 0.25) is 5.02 Å². The first-order valence-corrected chi connectivity index (χ1v) is 8.70. The molecule has 0 saturated carbocycles. The number of benzene rings is 1. The number of hydrogen-bond donors (Lipinski definition) is 1. The SMILES string of the molecule is Cc1cc(Cl)cc(/C=C2\CCN(C(=O)Nc3cccnn3)CC2C)c1. The highest BCUT2D eigenvalue weighted by Crippen LogP contribution is 2.26. The van der Waals surface area contributed by atoms with Gasteiger partial charge in [0.2, 0.25) is 0 Å². The van der Waals surface area contributed by atoms with Gasteiger partial charge in [-0.2, -0.15) is 5.10 Å². The van der Waals surface area contributed by atoms with Crippen LogP contribution in [0, 0.1) is 12.8 Å². The number of carbonyl (C=O) groups excluding carboxylic acids is 1. The minimum Gasteiger partial charge on any atom is -0.324 e. The first-order valence-electron chi connectivity index (χ1n) is 8.32. The molecule has 1 atom stereocenters. The molecule has 130 valence electrons. The maximum Gasteiger partial charge on any atom is 0.323 e. The highest BCUT2D eigenvalue weighted by atomic mass is 35.5. The number of likely N-dealkylation sites (tertiary alicyclic amines) is 1. The number of amides is 2. The van der Waals surface area contributed by atoms with Gasteiger partial charge in [-0.3, -0.25) is 5.32 Å². The Morgan fingerprint density at radius 1 is 1.40 bits per heavy atom. The number of hydrogen-bond acceptors (Lipinski definition) is 3. The second-order valence-corrected chi connectivity index (χ2v) is 6.85. The summed E-state index contributed by atoms with van der Waals surface area (Å²) in [4.78, 5) is 14.2. The van der Waals surface area contributed by atoms with Crippen molar-refractivity contribution >= 4 is 29.5 Å². The summed E-state index contributed by atoms with van der Waals surface area (Å²) >= 11 is 6.14. The molecular weight excluding hydrogens is 336 g/mol. The monoisotopic (exact) mass is 356 g/mol. The Hall–Kier alpha value is -2.40. The Kier molecular flexibility index (Phi) is 5.34. The molecule has 3 rings (SSSR count). The molecule has 0 aliphatic carbocycles. The number of piperidine rings is 1. The fourth-order valence-electron chi connectivity index (χ4n) is 3.07. The summed E-state index contributed by atoms with van der Waals surface area (Å²) in [6.45, 7) is 5.54. The van der Waals surface area contributed by atoms with Crippen molar-refractivity contribution in [1.82, 2.24) is 15.1 Å². The molecule has 1 N–H and O–H groups in total. The van der Waals surface area contributed by atoms with Crippen LogP contribution in [0.5, 0.6) is 0 Å². The zero-order valence-corrected chi connectivity index (χ0v) is 15.1. The van der Waals surface area contributed by atoms with E-state index in [9.17, 15) is 4.79 Å². The lowest BCUT2D eigenvalue weighted by Gasteiger charge is -2.33. The van der Waals surface area contributed by atoms with Gasteiger partial charge in [-0.15, -0.1) is 5.10 Å². The Morgan fingerprint density at radius 3 is 2.92 bits per heavy atom. The molecule has 1 aliphatic heterocycles. The summed E-state index contributed by atoms with van der Waals surface area (Å²) in [5, 5.41) is 11.2. The van der Waals surface area contributed by atoms with Crippen molar-refractivity contribution in [3.05, 3.63) is 58.3 Å². The number of nitrogens with one attached hydrogen (secondary N) is 1. The van der Waals surface area contributed by atoms with Gasteiger partial charge in [0.25, 0.3) is 0 Å². The Labute approximate surface area is 152 Å². The van der Waals surface area contributed by atoms with E-state index in [1.165, 1.54) is 5.57 Å². The number of nitrogens with zero attached hydrogens (tertiary/aromatic N) is 3. The van der Waals surface area contributed by atoms with E-state index in [1.54, 1.807) is 18.3 Å². The Morgan fingerprint density at radius 2 is 2.24 bits per heavy atom. The van der Waals surface area contributed by atoms with E-state index in [-0.39, 0.29) is 6.03 Å². The number of carbonyl (C=O) groups is 1. The largest absolute Gasteiger partial charge is 0.324 e. The zero-order chi connectivity index (χ0) is 17.8. The number of aromatic nitrogens is 2. The van der Waals surface area contributed by atoms with Crippen LogP contribution in [-0.2, 0) is 0 Å². The third kappa shape index (κ3) is 4.57. The van der Waals surface area contributed by atoms with E-state index in [2.05, 4.69) is 34.6 Å². The van der Waals surface area contributed by atoms with Gasteiger partial charge in [0.05, 0.1) is 0 Å². The normalized spacial score (nSPS) is 19.1. The lowest BCUT2D eigenvalue weighted by molar-refractivity contribution is 0.197. The first-order chi connectivity index (χ1) is 12.0. The predicted molar refractivity (Wildman–Crippen MR) is 101 cm³/mol. The van der Waals surface area contributed by atoms with Gasteiger partial charge < -0.3 is 4.90 Å². The molecule has 1 aliphatic rings. The third-order valence-corrected chi connectivity index (χ3v) is 4.53. The molecule has 2 aromatic rings. The van der Waals surface area contributed by atoms with E-state index in [4.69, 9.17) is 11.6 Å². The molecule has 1 aromatic carbocycles. The maximum absolute atomic E-state index is 12.4. The fourth-order valence-corrected chi connectivity index (χ4v) is 3.37. The summed E-state index contributed by atoms with van der Waals surface area (Å²) in [7, 11) is 0. The molecule has 1 unspecified atom stereocenters. The molecule has 1 fully saturated rings. The molecule has 1 saturated heterocycles. The second kappa shape index (κ2) is 7.66. The smallest absolute Gasteiger partial charge is 0.323 e. The van der Waals surface area contributed by atoms with Crippen LogP contribution in [0.3, 0.4) is 0 Å². The summed E-state index contributed by atoms with van der Waals surface area (Å²) in [5.41, 5.74) is 3.60. The first kappa shape index (κ1) is 17.4. The van der Waals surface area contributed by atoms with Crippen LogP contribution in [0.15, 0.2) is 42.1 Å². The van der Waals surface area contributed by atoms with Crippen molar-refractivity contribution < 1.29 is 4.79 Å². The van der Waals surface area contributed by atoms with Gasteiger partial charge in [0, 0.05) is 24.3 Å². The number of halogens is 1. The van der Waals surface area contributed by atoms with Gasteiger partial charge in [-0.1, -0.05) is 36.2 Å². The van der Waals surface area contributed by atoms with Gasteiger partial charge in [0.1, 0.15) is 0 Å². The standard InChI is InChI=1S/C19H21ClN4O/c1-13-8-15(11-17(20)9-13)10-16-5-7-24(12-14(16)2)19(25)22-18-4-3-6-21-23-18/h3-4,6,8-11,14H,5,7,12H2,1-2H3,(H,22,23,25)/b16-10+. The zero-order valence-electron chi connectivity index (χ0n) is 14.4. The van der Waals surface area contributed by atoms with Crippen LogP contribution in [0.4, 0.5) is 10.6 Å². The number of rotatable bonds is 2. The van der Waals surface area contributed by atoms with Gasteiger partial charge in [0.15, 0.2) is 5.82 Å². The van der Waals surface area contributed by atoms with E-state index in [1.807, 2.05) is 24.0 Å². The number of urea groups is 1. The van der Waals surface area contributed by atoms with Crippen LogP contribution in [-0.4, -0.2) is 34.2 Å². The fraction of sp³-hybridized carbons (Fsp3) is 0.316. The summed E-state index contributed by atoms with van der Waals surface area (Å²) < 4.78 is 0. The topological polar surface area (TPSA) is 58.1 Å². The van der Waals surface area contributed by atoms with Gasteiger partial charge >= 0.3 is 6.03 Å². The Balaban J connectivity index is 1.66. The lowest BCUT2D eigenvalue weighted by atomic mass is 9.91. The van der Waals surface area contributed by atoms with Gasteiger partial charge in [-0.05, 0) is 54.7 Å². The van der Waals surface area contributed by atoms with Crippen molar-refractivity contribution in [3.8, 4) is 0 Å². The van der Waals surface area contributed by atoms with Crippen molar-refractivity contribution in [2.24, 2.45) is 5.92 Å². The summed E-state index contributed by atoms with van der Waals surface area (Å²) in [6.07, 6.45) is 4.62. The number of aryl methyl sites for hydroxylation is 1. The van der Waals surface area contributed by atoms with Crippen molar-refractivity contribution in [1.29, 1.82) is 0 Å². The molecular formula is C19H21ClN4O. The molecule has 0 bridgehead atoms. The average molecular weight is 357 g/mol. The van der Waals surface area contributed by atoms with E-state index < -0.39 is 0 Å². The minimum atomic E-state index is -0.134. The van der Waals surface area contributed by atoms with Crippen molar-refractivity contribution in [2.45, 2.75) is 20.3 Å². The van der Waals surface area contributed by atoms with E-state index in [0.29, 0.717) is 24.8 Å². The Bertz CT molecular complexity index is 771. The highest BCUT2D eigenvalue weighted by Gasteiger charge is 2.24. The summed E-state index contributed by atoms with van der Waals surface area (Å²) in [6, 6.07) is 9.39. The average Bonchev–Trinajstić information content (AvgIpc) is 2.56. The van der Waals surface area contributed by atoms with Crippen LogP contribution < -0.4 is 5.32 Å². The number of anilines is 1. The molecule has 0 radical (unpaired) electrons. The van der Waals surface area contributed by atoms with Crippen LogP contribution in [0.1, 0.15) is 24.5 Å². The molecule has 5 nitrogen and oxygen atoms in total. The molecule has 1 aromatic heterocycles. The predicted octanol–water partition coefficient (Wildman–Crippen LogP) is 4.40. The quantitative estimate of drug-likeness (QED) is 0.867. The minimum absolute atomic E-state index is 0.134. The molecule has 25 heavy (non-hydrogen) atoms.